The zero-order chi connectivity index (χ0) is 25.0. The smallest absolute Gasteiger partial charge is 0.312 e. The summed E-state index contributed by atoms with van der Waals surface area (Å²) in [5.41, 5.74) is 1.69. The highest BCUT2D eigenvalue weighted by molar-refractivity contribution is 7.89. The Hall–Kier alpha value is -2.76. The van der Waals surface area contributed by atoms with Crippen LogP contribution in [0.25, 0.3) is 0 Å². The molecule has 1 unspecified atom stereocenters. The van der Waals surface area contributed by atoms with Gasteiger partial charge in [0.05, 0.1) is 15.9 Å². The lowest BCUT2D eigenvalue weighted by molar-refractivity contribution is -0.386. The molecule has 0 saturated carbocycles. The number of carbonyl (C=O) groups is 1. The Morgan fingerprint density at radius 2 is 1.97 bits per heavy atom. The van der Waals surface area contributed by atoms with Crippen LogP contribution in [0, 0.1) is 24.0 Å². The third-order valence-corrected chi connectivity index (χ3v) is 8.16. The molecule has 0 N–H and O–H groups in total. The van der Waals surface area contributed by atoms with Gasteiger partial charge in [-0.05, 0) is 44.9 Å². The van der Waals surface area contributed by atoms with E-state index >= 15 is 0 Å². The Balaban J connectivity index is 1.78. The van der Waals surface area contributed by atoms with E-state index in [1.165, 1.54) is 16.4 Å². The van der Waals surface area contributed by atoms with Crippen molar-refractivity contribution in [3.05, 3.63) is 51.3 Å². The molecule has 2 heterocycles. The minimum atomic E-state index is -3.87. The fourth-order valence-electron chi connectivity index (χ4n) is 4.21. The molecule has 11 heteroatoms. The molecule has 10 nitrogen and oxygen atoms in total. The molecule has 1 saturated heterocycles. The standard InChI is InChI=1S/C23H31N3O7S/c1-5-24(6-2)34(30,31)19-9-10-23(21(13-19)26(28)29)33-15-22(27)20-12-16(3)25(17(20)4)14-18-8-7-11-32-18/h9-10,12-13,18H,5-8,11,14-15H2,1-4H3. The minimum absolute atomic E-state index is 0.123. The van der Waals surface area contributed by atoms with Crippen LogP contribution < -0.4 is 4.74 Å². The van der Waals surface area contributed by atoms with Crippen molar-refractivity contribution in [1.82, 2.24) is 8.87 Å². The van der Waals surface area contributed by atoms with Gasteiger partial charge in [0.15, 0.2) is 12.4 Å². The Kier molecular flexibility index (Phi) is 8.11. The van der Waals surface area contributed by atoms with Crippen molar-refractivity contribution in [3.63, 3.8) is 0 Å². The van der Waals surface area contributed by atoms with E-state index in [4.69, 9.17) is 9.47 Å². The van der Waals surface area contributed by atoms with E-state index in [2.05, 4.69) is 0 Å². The predicted molar refractivity (Wildman–Crippen MR) is 126 cm³/mol. The number of rotatable bonds is 11. The van der Waals surface area contributed by atoms with Gasteiger partial charge in [-0.25, -0.2) is 8.42 Å². The number of hydrogen-bond acceptors (Lipinski definition) is 7. The number of nitro groups is 1. The van der Waals surface area contributed by atoms with Gasteiger partial charge in [-0.2, -0.15) is 4.31 Å². The molecule has 0 aliphatic carbocycles. The number of aryl methyl sites for hydroxylation is 1. The molecule has 1 aromatic carbocycles. The number of nitrogens with zero attached hydrogens (tertiary/aromatic N) is 3. The van der Waals surface area contributed by atoms with Crippen LogP contribution in [0.15, 0.2) is 29.2 Å². The number of sulfonamides is 1. The number of carbonyl (C=O) groups excluding carboxylic acids is 1. The number of benzene rings is 1. The Bertz CT molecular complexity index is 1160. The van der Waals surface area contributed by atoms with Crippen LogP contribution in [0.2, 0.25) is 0 Å². The lowest BCUT2D eigenvalue weighted by Gasteiger charge is -2.18. The van der Waals surface area contributed by atoms with Crippen LogP contribution in [-0.2, 0) is 21.3 Å². The molecule has 1 fully saturated rings. The van der Waals surface area contributed by atoms with Gasteiger partial charge in [-0.15, -0.1) is 0 Å². The Morgan fingerprint density at radius 3 is 2.56 bits per heavy atom. The molecular weight excluding hydrogens is 462 g/mol. The van der Waals surface area contributed by atoms with E-state index in [-0.39, 0.29) is 35.6 Å². The first-order valence-corrected chi connectivity index (χ1v) is 12.8. The first-order chi connectivity index (χ1) is 16.1. The Morgan fingerprint density at radius 1 is 1.26 bits per heavy atom. The second-order valence-electron chi connectivity index (χ2n) is 8.22. The maximum absolute atomic E-state index is 12.9. The van der Waals surface area contributed by atoms with Crippen molar-refractivity contribution in [3.8, 4) is 5.75 Å². The molecule has 2 aromatic rings. The van der Waals surface area contributed by atoms with Crippen molar-refractivity contribution in [2.75, 3.05) is 26.3 Å². The number of ketones is 1. The summed E-state index contributed by atoms with van der Waals surface area (Å²) in [4.78, 5) is 23.6. The van der Waals surface area contributed by atoms with Crippen LogP contribution in [0.1, 0.15) is 48.4 Å². The topological polar surface area (TPSA) is 121 Å². The van der Waals surface area contributed by atoms with Crippen molar-refractivity contribution < 1.29 is 27.6 Å². The average Bonchev–Trinajstić information content (AvgIpc) is 3.41. The zero-order valence-corrected chi connectivity index (χ0v) is 20.8. The van der Waals surface area contributed by atoms with Gasteiger partial charge in [0.2, 0.25) is 15.8 Å². The lowest BCUT2D eigenvalue weighted by atomic mass is 10.1. The number of ether oxygens (including phenoxy) is 2. The number of nitro benzene ring substituents is 1. The quantitative estimate of drug-likeness (QED) is 0.267. The fourth-order valence-corrected chi connectivity index (χ4v) is 5.69. The zero-order valence-electron chi connectivity index (χ0n) is 19.9. The molecular formula is C23H31N3O7S. The van der Waals surface area contributed by atoms with Crippen LogP contribution >= 0.6 is 0 Å². The predicted octanol–water partition coefficient (Wildman–Crippen LogP) is 3.48. The second kappa shape index (κ2) is 10.7. The van der Waals surface area contributed by atoms with Crippen LogP contribution in [0.5, 0.6) is 5.75 Å². The molecule has 0 bridgehead atoms. The van der Waals surface area contributed by atoms with Crippen LogP contribution in [-0.4, -0.2) is 60.4 Å². The van der Waals surface area contributed by atoms with Gasteiger partial charge < -0.3 is 14.0 Å². The largest absolute Gasteiger partial charge is 0.478 e. The fraction of sp³-hybridized carbons (Fsp3) is 0.522. The molecule has 1 atom stereocenters. The van der Waals surface area contributed by atoms with E-state index < -0.39 is 27.2 Å². The molecule has 186 valence electrons. The molecule has 0 radical (unpaired) electrons. The molecule has 1 aliphatic heterocycles. The van der Waals surface area contributed by atoms with Crippen molar-refractivity contribution in [1.29, 1.82) is 0 Å². The van der Waals surface area contributed by atoms with Gasteiger partial charge >= 0.3 is 5.69 Å². The van der Waals surface area contributed by atoms with Gasteiger partial charge in [0, 0.05) is 49.3 Å². The summed E-state index contributed by atoms with van der Waals surface area (Å²) < 4.78 is 39.9. The lowest BCUT2D eigenvalue weighted by Crippen LogP contribution is -2.30. The highest BCUT2D eigenvalue weighted by Gasteiger charge is 2.27. The molecule has 34 heavy (non-hydrogen) atoms. The normalized spacial score (nSPS) is 16.2. The van der Waals surface area contributed by atoms with Crippen LogP contribution in [0.3, 0.4) is 0 Å². The van der Waals surface area contributed by atoms with Crippen molar-refractivity contribution in [2.24, 2.45) is 0 Å². The van der Waals surface area contributed by atoms with Gasteiger partial charge in [0.1, 0.15) is 0 Å². The molecule has 3 rings (SSSR count). The average molecular weight is 494 g/mol. The first kappa shape index (κ1) is 25.9. The SMILES string of the molecule is CCN(CC)S(=O)(=O)c1ccc(OCC(=O)c2cc(C)n(CC3CCCO3)c2C)c([N+](=O)[O-])c1. The van der Waals surface area contributed by atoms with E-state index in [9.17, 15) is 23.3 Å². The van der Waals surface area contributed by atoms with Crippen LogP contribution in [0.4, 0.5) is 5.69 Å². The number of aromatic nitrogens is 1. The summed E-state index contributed by atoms with van der Waals surface area (Å²) in [5, 5.41) is 11.6. The van der Waals surface area contributed by atoms with Gasteiger partial charge in [0.25, 0.3) is 0 Å². The van der Waals surface area contributed by atoms with E-state index in [0.717, 1.165) is 36.9 Å². The summed E-state index contributed by atoms with van der Waals surface area (Å²) >= 11 is 0. The summed E-state index contributed by atoms with van der Waals surface area (Å²) in [5.74, 6) is -0.481. The third kappa shape index (κ3) is 5.31. The number of hydrogen-bond donors (Lipinski definition) is 0. The van der Waals surface area contributed by atoms with Gasteiger partial charge in [-0.3, -0.25) is 14.9 Å². The van der Waals surface area contributed by atoms with E-state index in [1.807, 2.05) is 18.4 Å². The van der Waals surface area contributed by atoms with E-state index in [0.29, 0.717) is 12.1 Å². The summed E-state index contributed by atoms with van der Waals surface area (Å²) in [6, 6.07) is 5.24. The molecule has 0 spiro atoms. The summed E-state index contributed by atoms with van der Waals surface area (Å²) in [6.45, 7) is 8.64. The molecule has 0 amide bonds. The second-order valence-corrected chi connectivity index (χ2v) is 10.2. The maximum Gasteiger partial charge on any atom is 0.312 e. The monoisotopic (exact) mass is 493 g/mol. The summed E-state index contributed by atoms with van der Waals surface area (Å²) in [7, 11) is -3.87. The Labute approximate surface area is 199 Å². The summed E-state index contributed by atoms with van der Waals surface area (Å²) in [6.07, 6.45) is 2.13. The highest BCUT2D eigenvalue weighted by Crippen LogP contribution is 2.31. The molecule has 1 aromatic heterocycles. The van der Waals surface area contributed by atoms with Crippen molar-refractivity contribution in [2.45, 2.75) is 58.1 Å². The highest BCUT2D eigenvalue weighted by atomic mass is 32.2. The maximum atomic E-state index is 12.9. The molecule has 1 aliphatic rings. The first-order valence-electron chi connectivity index (χ1n) is 11.3. The van der Waals surface area contributed by atoms with E-state index in [1.54, 1.807) is 19.9 Å². The van der Waals surface area contributed by atoms with Gasteiger partial charge in [-0.1, -0.05) is 13.8 Å². The third-order valence-electron chi connectivity index (χ3n) is 6.11. The number of Topliss-reactive ketones (excluding diaryl/α,β-unsaturated/α-hetero) is 1. The minimum Gasteiger partial charge on any atom is -0.478 e. The van der Waals surface area contributed by atoms with Crippen molar-refractivity contribution >= 4 is 21.5 Å².